The Bertz CT molecular complexity index is 484. The van der Waals surface area contributed by atoms with Gasteiger partial charge in [-0.05, 0) is 42.5 Å². The van der Waals surface area contributed by atoms with Gasteiger partial charge in [-0.15, -0.1) is 11.3 Å². The molecule has 2 rings (SSSR count). The first-order chi connectivity index (χ1) is 9.35. The van der Waals surface area contributed by atoms with Gasteiger partial charge in [-0.25, -0.2) is 0 Å². The summed E-state index contributed by atoms with van der Waals surface area (Å²) >= 11 is 1.74. The van der Waals surface area contributed by atoms with Crippen LogP contribution in [0.1, 0.15) is 29.8 Å². The summed E-state index contributed by atoms with van der Waals surface area (Å²) in [5, 5.41) is 5.68. The molecule has 0 aliphatic rings. The van der Waals surface area contributed by atoms with E-state index >= 15 is 0 Å². The summed E-state index contributed by atoms with van der Waals surface area (Å²) in [7, 11) is 1.73. The van der Waals surface area contributed by atoms with Crippen molar-refractivity contribution in [2.24, 2.45) is 0 Å². The number of ether oxygens (including phenoxy) is 1. The van der Waals surface area contributed by atoms with Gasteiger partial charge in [0.15, 0.2) is 0 Å². The van der Waals surface area contributed by atoms with Crippen molar-refractivity contribution < 1.29 is 4.74 Å². The van der Waals surface area contributed by atoms with Gasteiger partial charge in [0.05, 0.1) is 12.0 Å². The first-order valence-electron chi connectivity index (χ1n) is 6.58. The largest absolute Gasteiger partial charge is 0.496 e. The van der Waals surface area contributed by atoms with Crippen LogP contribution in [0.4, 0.5) is 0 Å². The van der Waals surface area contributed by atoms with Crippen molar-refractivity contribution in [3.63, 3.8) is 0 Å². The SMILES string of the molecule is CCCNC(Cc1cccnc1)c1sccc1OC. The van der Waals surface area contributed by atoms with Crippen molar-refractivity contribution in [1.82, 2.24) is 10.3 Å². The molecule has 0 saturated carbocycles. The Balaban J connectivity index is 2.16. The van der Waals surface area contributed by atoms with E-state index in [0.717, 1.165) is 25.1 Å². The van der Waals surface area contributed by atoms with Crippen LogP contribution in [0.15, 0.2) is 36.0 Å². The van der Waals surface area contributed by atoms with Gasteiger partial charge in [-0.2, -0.15) is 0 Å². The second-order valence-electron chi connectivity index (χ2n) is 4.43. The van der Waals surface area contributed by atoms with Crippen LogP contribution < -0.4 is 10.1 Å². The number of methoxy groups -OCH3 is 1. The number of pyridine rings is 1. The zero-order valence-corrected chi connectivity index (χ0v) is 12.2. The molecule has 0 aliphatic carbocycles. The van der Waals surface area contributed by atoms with Crippen LogP contribution in [0.25, 0.3) is 0 Å². The number of aromatic nitrogens is 1. The molecule has 0 amide bonds. The Labute approximate surface area is 118 Å². The molecule has 1 N–H and O–H groups in total. The highest BCUT2D eigenvalue weighted by molar-refractivity contribution is 7.10. The van der Waals surface area contributed by atoms with E-state index in [1.54, 1.807) is 18.4 Å². The monoisotopic (exact) mass is 276 g/mol. The number of nitrogens with one attached hydrogen (secondary N) is 1. The fourth-order valence-corrected chi connectivity index (χ4v) is 3.00. The summed E-state index contributed by atoms with van der Waals surface area (Å²) in [6.07, 6.45) is 5.80. The zero-order chi connectivity index (χ0) is 13.5. The van der Waals surface area contributed by atoms with E-state index in [9.17, 15) is 0 Å². The molecule has 0 radical (unpaired) electrons. The van der Waals surface area contributed by atoms with Gasteiger partial charge in [0, 0.05) is 18.4 Å². The average Bonchev–Trinajstić information content (AvgIpc) is 2.93. The molecule has 3 nitrogen and oxygen atoms in total. The van der Waals surface area contributed by atoms with E-state index in [1.165, 1.54) is 10.4 Å². The quantitative estimate of drug-likeness (QED) is 0.841. The lowest BCUT2D eigenvalue weighted by atomic mass is 10.1. The molecule has 0 fully saturated rings. The molecule has 102 valence electrons. The first-order valence-corrected chi connectivity index (χ1v) is 7.46. The van der Waals surface area contributed by atoms with Gasteiger partial charge in [-0.1, -0.05) is 13.0 Å². The van der Waals surface area contributed by atoms with Crippen molar-refractivity contribution in [3.05, 3.63) is 46.4 Å². The summed E-state index contributed by atoms with van der Waals surface area (Å²) in [6.45, 7) is 3.19. The average molecular weight is 276 g/mol. The molecule has 0 saturated heterocycles. The Morgan fingerprint density at radius 1 is 1.42 bits per heavy atom. The molecule has 1 unspecified atom stereocenters. The highest BCUT2D eigenvalue weighted by Crippen LogP contribution is 2.32. The molecule has 2 heterocycles. The number of nitrogens with zero attached hydrogens (tertiary/aromatic N) is 1. The second-order valence-corrected chi connectivity index (χ2v) is 5.37. The third-order valence-electron chi connectivity index (χ3n) is 3.00. The summed E-state index contributed by atoms with van der Waals surface area (Å²) in [5.41, 5.74) is 1.24. The number of rotatable bonds is 7. The molecular weight excluding hydrogens is 256 g/mol. The maximum atomic E-state index is 5.44. The van der Waals surface area contributed by atoms with Gasteiger partial charge in [-0.3, -0.25) is 4.98 Å². The molecular formula is C15H20N2OS. The topological polar surface area (TPSA) is 34.2 Å². The minimum atomic E-state index is 0.291. The van der Waals surface area contributed by atoms with Crippen LogP contribution in [0.5, 0.6) is 5.75 Å². The Kier molecular flexibility index (Phi) is 5.36. The first kappa shape index (κ1) is 14.0. The molecule has 19 heavy (non-hydrogen) atoms. The Morgan fingerprint density at radius 2 is 2.32 bits per heavy atom. The third kappa shape index (κ3) is 3.78. The van der Waals surface area contributed by atoms with Crippen LogP contribution in [0.2, 0.25) is 0 Å². The number of thiophene rings is 1. The van der Waals surface area contributed by atoms with E-state index in [0.29, 0.717) is 6.04 Å². The molecule has 0 bridgehead atoms. The van der Waals surface area contributed by atoms with Crippen LogP contribution in [0, 0.1) is 0 Å². The predicted molar refractivity (Wildman–Crippen MR) is 79.8 cm³/mol. The van der Waals surface area contributed by atoms with Crippen molar-refractivity contribution >= 4 is 11.3 Å². The van der Waals surface area contributed by atoms with Crippen LogP contribution >= 0.6 is 11.3 Å². The Hall–Kier alpha value is -1.39. The third-order valence-corrected chi connectivity index (χ3v) is 4.01. The summed E-state index contributed by atoms with van der Waals surface area (Å²) < 4.78 is 5.44. The molecule has 2 aromatic rings. The van der Waals surface area contributed by atoms with E-state index < -0.39 is 0 Å². The van der Waals surface area contributed by atoms with Crippen LogP contribution in [-0.2, 0) is 6.42 Å². The van der Waals surface area contributed by atoms with Crippen LogP contribution in [0.3, 0.4) is 0 Å². The van der Waals surface area contributed by atoms with Crippen LogP contribution in [-0.4, -0.2) is 18.6 Å². The molecule has 1 atom stereocenters. The number of hydrogen-bond donors (Lipinski definition) is 1. The fourth-order valence-electron chi connectivity index (χ4n) is 2.06. The highest BCUT2D eigenvalue weighted by Gasteiger charge is 2.17. The maximum absolute atomic E-state index is 5.44. The lowest BCUT2D eigenvalue weighted by Crippen LogP contribution is -2.23. The van der Waals surface area contributed by atoms with Gasteiger partial charge in [0.2, 0.25) is 0 Å². The van der Waals surface area contributed by atoms with Gasteiger partial charge in [0.1, 0.15) is 5.75 Å². The lowest BCUT2D eigenvalue weighted by molar-refractivity contribution is 0.402. The molecule has 0 aromatic carbocycles. The van der Waals surface area contributed by atoms with Crippen molar-refractivity contribution in [2.75, 3.05) is 13.7 Å². The molecule has 4 heteroatoms. The van der Waals surface area contributed by atoms with E-state index in [-0.39, 0.29) is 0 Å². The predicted octanol–water partition coefficient (Wildman–Crippen LogP) is 3.44. The van der Waals surface area contributed by atoms with E-state index in [4.69, 9.17) is 4.74 Å². The van der Waals surface area contributed by atoms with E-state index in [2.05, 4.69) is 28.7 Å². The fraction of sp³-hybridized carbons (Fsp3) is 0.400. The minimum Gasteiger partial charge on any atom is -0.496 e. The summed E-state index contributed by atoms with van der Waals surface area (Å²) in [4.78, 5) is 5.45. The van der Waals surface area contributed by atoms with E-state index in [1.807, 2.05) is 24.5 Å². The lowest BCUT2D eigenvalue weighted by Gasteiger charge is -2.18. The molecule has 0 aliphatic heterocycles. The standard InChI is InChI=1S/C15H20N2OS/c1-3-7-17-13(10-12-5-4-8-16-11-12)15-14(18-2)6-9-19-15/h4-6,8-9,11,13,17H,3,7,10H2,1-2H3. The van der Waals surface area contributed by atoms with Gasteiger partial charge >= 0.3 is 0 Å². The zero-order valence-electron chi connectivity index (χ0n) is 11.4. The van der Waals surface area contributed by atoms with Gasteiger partial charge < -0.3 is 10.1 Å². The minimum absolute atomic E-state index is 0.291. The summed E-state index contributed by atoms with van der Waals surface area (Å²) in [5.74, 6) is 0.975. The van der Waals surface area contributed by atoms with Crippen molar-refractivity contribution in [3.8, 4) is 5.75 Å². The maximum Gasteiger partial charge on any atom is 0.134 e. The Morgan fingerprint density at radius 3 is 3.00 bits per heavy atom. The highest BCUT2D eigenvalue weighted by atomic mass is 32.1. The van der Waals surface area contributed by atoms with Crippen molar-refractivity contribution in [2.45, 2.75) is 25.8 Å². The normalized spacial score (nSPS) is 12.3. The smallest absolute Gasteiger partial charge is 0.134 e. The van der Waals surface area contributed by atoms with Crippen molar-refractivity contribution in [1.29, 1.82) is 0 Å². The summed E-state index contributed by atoms with van der Waals surface area (Å²) in [6, 6.07) is 6.43. The van der Waals surface area contributed by atoms with Gasteiger partial charge in [0.25, 0.3) is 0 Å². The molecule has 2 aromatic heterocycles. The molecule has 0 spiro atoms. The number of hydrogen-bond acceptors (Lipinski definition) is 4. The second kappa shape index (κ2) is 7.26.